The number of anilines is 3. The molecular formula is C25H30FN7O3. The van der Waals surface area contributed by atoms with Crippen LogP contribution in [-0.2, 0) is 4.74 Å². The highest BCUT2D eigenvalue weighted by atomic mass is 19.1. The topological polar surface area (TPSA) is 99.9 Å². The lowest BCUT2D eigenvalue weighted by Crippen LogP contribution is -2.55. The maximum absolute atomic E-state index is 15.5. The highest BCUT2D eigenvalue weighted by Crippen LogP contribution is 2.36. The number of ether oxygens (including phenoxy) is 1. The summed E-state index contributed by atoms with van der Waals surface area (Å²) in [6, 6.07) is 3.64. The second kappa shape index (κ2) is 10.2. The normalized spacial score (nSPS) is 21.0. The Balaban J connectivity index is 1.49. The van der Waals surface area contributed by atoms with Gasteiger partial charge in [0, 0.05) is 61.8 Å². The number of nitrogens with one attached hydrogen (secondary N) is 1. The molecule has 36 heavy (non-hydrogen) atoms. The van der Waals surface area contributed by atoms with Crippen molar-refractivity contribution in [2.24, 2.45) is 0 Å². The Morgan fingerprint density at radius 3 is 2.39 bits per heavy atom. The molecule has 2 aromatic heterocycles. The molecule has 190 valence electrons. The molecule has 0 spiro atoms. The standard InChI is InChI=1S/C25H30FN7O3/c1-16-12-33(13-17(2)31(16)3)23-9-20(26)19(8-21(23)30-24(34)22-14-36-15-29-22)18-10-27-25(28-11-18)32-4-6-35-7-5-32/h8-11,14-17H,4-7,12-13H2,1-3H3,(H,30,34). The summed E-state index contributed by atoms with van der Waals surface area (Å²) >= 11 is 0. The summed E-state index contributed by atoms with van der Waals surface area (Å²) in [5, 5.41) is 2.91. The first-order valence-corrected chi connectivity index (χ1v) is 12.1. The smallest absolute Gasteiger partial charge is 0.277 e. The second-order valence-electron chi connectivity index (χ2n) is 9.32. The molecule has 2 unspecified atom stereocenters. The van der Waals surface area contributed by atoms with E-state index in [2.05, 4.69) is 51.0 Å². The fourth-order valence-corrected chi connectivity index (χ4v) is 4.64. The van der Waals surface area contributed by atoms with E-state index in [4.69, 9.17) is 9.15 Å². The highest BCUT2D eigenvalue weighted by molar-refractivity contribution is 6.05. The third kappa shape index (κ3) is 4.89. The molecule has 2 aliphatic heterocycles. The SMILES string of the molecule is CC1CN(c2cc(F)c(-c3cnc(N4CCOCC4)nc3)cc2NC(=O)c2cocn2)CC(C)N1C. The highest BCUT2D eigenvalue weighted by Gasteiger charge is 2.29. The first-order chi connectivity index (χ1) is 17.4. The van der Waals surface area contributed by atoms with Crippen molar-refractivity contribution in [3.05, 3.63) is 48.7 Å². The van der Waals surface area contributed by atoms with Gasteiger partial charge in [-0.2, -0.15) is 0 Å². The number of morpholine rings is 1. The van der Waals surface area contributed by atoms with Crippen LogP contribution in [-0.4, -0.2) is 84.3 Å². The summed E-state index contributed by atoms with van der Waals surface area (Å²) in [5.74, 6) is -0.262. The van der Waals surface area contributed by atoms with Crippen LogP contribution < -0.4 is 15.1 Å². The molecule has 3 aromatic rings. The molecule has 10 nitrogen and oxygen atoms in total. The first kappa shape index (κ1) is 24.1. The zero-order chi connectivity index (χ0) is 25.2. The lowest BCUT2D eigenvalue weighted by atomic mass is 10.0. The largest absolute Gasteiger partial charge is 0.451 e. The number of hydrogen-bond donors (Lipinski definition) is 1. The Kier molecular flexibility index (Phi) is 6.84. The van der Waals surface area contributed by atoms with Gasteiger partial charge in [0.2, 0.25) is 5.95 Å². The number of benzene rings is 1. The molecule has 2 aliphatic rings. The van der Waals surface area contributed by atoms with Crippen molar-refractivity contribution in [1.29, 1.82) is 0 Å². The Morgan fingerprint density at radius 2 is 1.75 bits per heavy atom. The minimum absolute atomic E-state index is 0.144. The summed E-state index contributed by atoms with van der Waals surface area (Å²) in [6.07, 6.45) is 5.69. The fraction of sp³-hybridized carbons (Fsp3) is 0.440. The molecule has 4 heterocycles. The second-order valence-corrected chi connectivity index (χ2v) is 9.32. The molecule has 1 aromatic carbocycles. The van der Waals surface area contributed by atoms with Gasteiger partial charge in [0.15, 0.2) is 12.1 Å². The molecule has 1 N–H and O–H groups in total. The van der Waals surface area contributed by atoms with E-state index < -0.39 is 11.7 Å². The van der Waals surface area contributed by atoms with Gasteiger partial charge in [0.25, 0.3) is 5.91 Å². The molecule has 2 atom stereocenters. The minimum Gasteiger partial charge on any atom is -0.451 e. The average molecular weight is 496 g/mol. The monoisotopic (exact) mass is 495 g/mol. The van der Waals surface area contributed by atoms with E-state index in [1.165, 1.54) is 18.7 Å². The van der Waals surface area contributed by atoms with Crippen LogP contribution in [0.5, 0.6) is 0 Å². The van der Waals surface area contributed by atoms with Crippen LogP contribution in [0.1, 0.15) is 24.3 Å². The number of carbonyl (C=O) groups is 1. The number of piperazine rings is 1. The van der Waals surface area contributed by atoms with Crippen molar-refractivity contribution in [1.82, 2.24) is 19.9 Å². The van der Waals surface area contributed by atoms with Crippen LogP contribution in [0.3, 0.4) is 0 Å². The molecule has 0 saturated carbocycles. The summed E-state index contributed by atoms with van der Waals surface area (Å²) in [5.41, 5.74) is 2.07. The maximum atomic E-state index is 15.5. The van der Waals surface area contributed by atoms with E-state index >= 15 is 4.39 Å². The van der Waals surface area contributed by atoms with E-state index in [0.717, 1.165) is 0 Å². The van der Waals surface area contributed by atoms with Crippen LogP contribution >= 0.6 is 0 Å². The number of nitrogens with zero attached hydrogens (tertiary/aromatic N) is 6. The van der Waals surface area contributed by atoms with E-state index in [1.54, 1.807) is 18.5 Å². The quantitative estimate of drug-likeness (QED) is 0.573. The van der Waals surface area contributed by atoms with Crippen LogP contribution in [0.15, 0.2) is 41.6 Å². The number of likely N-dealkylation sites (N-methyl/N-ethyl adjacent to an activating group) is 1. The molecule has 0 aliphatic carbocycles. The molecule has 0 radical (unpaired) electrons. The first-order valence-electron chi connectivity index (χ1n) is 12.1. The number of carbonyl (C=O) groups excluding carboxylic acids is 1. The zero-order valence-electron chi connectivity index (χ0n) is 20.6. The summed E-state index contributed by atoms with van der Waals surface area (Å²) < 4.78 is 25.9. The molecular weight excluding hydrogens is 465 g/mol. The van der Waals surface area contributed by atoms with Gasteiger partial charge in [0.1, 0.15) is 12.1 Å². The van der Waals surface area contributed by atoms with Crippen molar-refractivity contribution in [3.63, 3.8) is 0 Å². The summed E-state index contributed by atoms with van der Waals surface area (Å²) in [6.45, 7) is 8.33. The van der Waals surface area contributed by atoms with Crippen LogP contribution in [0.4, 0.5) is 21.7 Å². The molecule has 5 rings (SSSR count). The fourth-order valence-electron chi connectivity index (χ4n) is 4.64. The Bertz CT molecular complexity index is 1190. The lowest BCUT2D eigenvalue weighted by molar-refractivity contribution is 0.102. The molecule has 2 fully saturated rings. The van der Waals surface area contributed by atoms with Crippen molar-refractivity contribution in [3.8, 4) is 11.1 Å². The van der Waals surface area contributed by atoms with Gasteiger partial charge >= 0.3 is 0 Å². The van der Waals surface area contributed by atoms with Gasteiger partial charge in [-0.15, -0.1) is 0 Å². The number of aromatic nitrogens is 3. The number of amides is 1. The summed E-state index contributed by atoms with van der Waals surface area (Å²) in [7, 11) is 2.09. The van der Waals surface area contributed by atoms with Crippen LogP contribution in [0.2, 0.25) is 0 Å². The minimum atomic E-state index is -0.434. The maximum Gasteiger partial charge on any atom is 0.277 e. The Hall–Kier alpha value is -3.57. The molecule has 1 amide bonds. The lowest BCUT2D eigenvalue weighted by Gasteiger charge is -2.44. The van der Waals surface area contributed by atoms with Gasteiger partial charge in [-0.05, 0) is 33.0 Å². The van der Waals surface area contributed by atoms with E-state index in [-0.39, 0.29) is 17.8 Å². The number of rotatable bonds is 5. The van der Waals surface area contributed by atoms with E-state index in [9.17, 15) is 4.79 Å². The predicted molar refractivity (Wildman–Crippen MR) is 134 cm³/mol. The Morgan fingerprint density at radius 1 is 1.06 bits per heavy atom. The third-order valence-electron chi connectivity index (χ3n) is 6.94. The van der Waals surface area contributed by atoms with Gasteiger partial charge < -0.3 is 24.3 Å². The number of hydrogen-bond acceptors (Lipinski definition) is 9. The van der Waals surface area contributed by atoms with Crippen LogP contribution in [0.25, 0.3) is 11.1 Å². The predicted octanol–water partition coefficient (Wildman–Crippen LogP) is 2.89. The molecule has 0 bridgehead atoms. The van der Waals surface area contributed by atoms with Gasteiger partial charge in [-0.25, -0.2) is 19.3 Å². The third-order valence-corrected chi connectivity index (χ3v) is 6.94. The van der Waals surface area contributed by atoms with Gasteiger partial charge in [-0.1, -0.05) is 0 Å². The van der Waals surface area contributed by atoms with E-state index in [1.807, 2.05) is 4.90 Å². The van der Waals surface area contributed by atoms with Crippen LogP contribution in [0, 0.1) is 5.82 Å². The molecule has 11 heteroatoms. The Labute approximate surface area is 209 Å². The average Bonchev–Trinajstić information content (AvgIpc) is 3.44. The van der Waals surface area contributed by atoms with E-state index in [0.29, 0.717) is 67.8 Å². The van der Waals surface area contributed by atoms with Gasteiger partial charge in [-0.3, -0.25) is 9.69 Å². The zero-order valence-corrected chi connectivity index (χ0v) is 20.6. The van der Waals surface area contributed by atoms with Crippen molar-refractivity contribution in [2.45, 2.75) is 25.9 Å². The van der Waals surface area contributed by atoms with Crippen molar-refractivity contribution < 1.29 is 18.3 Å². The molecule has 2 saturated heterocycles. The number of oxazole rings is 1. The van der Waals surface area contributed by atoms with Gasteiger partial charge in [0.05, 0.1) is 24.6 Å². The van der Waals surface area contributed by atoms with Crippen molar-refractivity contribution in [2.75, 3.05) is 61.6 Å². The van der Waals surface area contributed by atoms with Crippen molar-refractivity contribution >= 4 is 23.2 Å². The summed E-state index contributed by atoms with van der Waals surface area (Å²) in [4.78, 5) is 32.1. The number of halogens is 1.